The third-order valence-corrected chi connectivity index (χ3v) is 6.52. The lowest BCUT2D eigenvalue weighted by molar-refractivity contribution is 0.0721. The van der Waals surface area contributed by atoms with Crippen molar-refractivity contribution in [3.8, 4) is 0 Å². The fraction of sp³-hybridized carbons (Fsp3) is 0.259. The second kappa shape index (κ2) is 11.6. The molecular formula is C27H27Cl2N3O3. The van der Waals surface area contributed by atoms with Crippen LogP contribution in [0.25, 0.3) is 0 Å². The minimum absolute atomic E-state index is 0.0102. The summed E-state index contributed by atoms with van der Waals surface area (Å²) in [5, 5.41) is 7.55. The fourth-order valence-electron chi connectivity index (χ4n) is 4.18. The molecule has 3 aromatic carbocycles. The highest BCUT2D eigenvalue weighted by molar-refractivity contribution is 6.35. The van der Waals surface area contributed by atoms with E-state index in [0.29, 0.717) is 47.3 Å². The standard InChI is InChI=1S/C27H27Cl2N3O3/c1-35-15-5-14-32-25(22-8-2-3-9-23(22)27(32)34)31-21-7-4-6-19(16-21)26(33)30-13-12-18-10-11-20(28)17-24(18)29/h2-4,6-11,16-17,25,31H,5,12-15H2,1H3,(H,30,33). The Morgan fingerprint density at radius 1 is 1.06 bits per heavy atom. The van der Waals surface area contributed by atoms with Gasteiger partial charge in [-0.15, -0.1) is 0 Å². The van der Waals surface area contributed by atoms with Crippen LogP contribution in [0.2, 0.25) is 10.0 Å². The Morgan fingerprint density at radius 3 is 2.69 bits per heavy atom. The summed E-state index contributed by atoms with van der Waals surface area (Å²) in [6, 6.07) is 20.2. The van der Waals surface area contributed by atoms with E-state index in [2.05, 4.69) is 10.6 Å². The topological polar surface area (TPSA) is 70.7 Å². The summed E-state index contributed by atoms with van der Waals surface area (Å²) in [7, 11) is 1.65. The van der Waals surface area contributed by atoms with Crippen molar-refractivity contribution in [3.63, 3.8) is 0 Å². The zero-order chi connectivity index (χ0) is 24.8. The number of ether oxygens (including phenoxy) is 1. The molecule has 1 aliphatic heterocycles. The second-order valence-electron chi connectivity index (χ2n) is 8.30. The van der Waals surface area contributed by atoms with Crippen LogP contribution in [0.15, 0.2) is 66.7 Å². The molecular weight excluding hydrogens is 485 g/mol. The number of nitrogens with one attached hydrogen (secondary N) is 2. The molecule has 0 aromatic heterocycles. The molecule has 2 N–H and O–H groups in total. The van der Waals surface area contributed by atoms with Gasteiger partial charge in [-0.1, -0.05) is 53.5 Å². The number of hydrogen-bond donors (Lipinski definition) is 2. The summed E-state index contributed by atoms with van der Waals surface area (Å²) in [5.74, 6) is -0.192. The van der Waals surface area contributed by atoms with Gasteiger partial charge >= 0.3 is 0 Å². The van der Waals surface area contributed by atoms with Gasteiger partial charge in [-0.2, -0.15) is 0 Å². The highest BCUT2D eigenvalue weighted by Gasteiger charge is 2.36. The average molecular weight is 512 g/mol. The van der Waals surface area contributed by atoms with Gasteiger partial charge in [0.25, 0.3) is 11.8 Å². The molecule has 1 aliphatic rings. The van der Waals surface area contributed by atoms with Crippen LogP contribution in [0, 0.1) is 0 Å². The Balaban J connectivity index is 1.43. The monoisotopic (exact) mass is 511 g/mol. The molecule has 0 bridgehead atoms. The number of carbonyl (C=O) groups is 2. The van der Waals surface area contributed by atoms with Crippen molar-refractivity contribution in [3.05, 3.63) is 99.0 Å². The van der Waals surface area contributed by atoms with Gasteiger partial charge < -0.3 is 20.3 Å². The molecule has 0 spiro atoms. The first kappa shape index (κ1) is 25.0. The number of hydrogen-bond acceptors (Lipinski definition) is 4. The van der Waals surface area contributed by atoms with Gasteiger partial charge in [-0.3, -0.25) is 9.59 Å². The third kappa shape index (κ3) is 5.96. The van der Waals surface area contributed by atoms with Crippen LogP contribution in [-0.2, 0) is 11.2 Å². The Kier molecular flexibility index (Phi) is 8.29. The van der Waals surface area contributed by atoms with E-state index in [4.69, 9.17) is 27.9 Å². The number of fused-ring (bicyclic) bond motifs is 1. The molecule has 4 rings (SSSR count). The number of rotatable bonds is 10. The van der Waals surface area contributed by atoms with Crippen molar-refractivity contribution in [2.75, 3.05) is 32.1 Å². The smallest absolute Gasteiger partial charge is 0.256 e. The molecule has 35 heavy (non-hydrogen) atoms. The molecule has 2 amide bonds. The molecule has 6 nitrogen and oxygen atoms in total. The Labute approximate surface area is 215 Å². The molecule has 8 heteroatoms. The van der Waals surface area contributed by atoms with Gasteiger partial charge in [0.15, 0.2) is 0 Å². The molecule has 1 unspecified atom stereocenters. The number of amides is 2. The minimum Gasteiger partial charge on any atom is -0.385 e. The van der Waals surface area contributed by atoms with Crippen molar-refractivity contribution >= 4 is 40.7 Å². The van der Waals surface area contributed by atoms with Crippen LogP contribution in [-0.4, -0.2) is 43.5 Å². The van der Waals surface area contributed by atoms with E-state index in [9.17, 15) is 9.59 Å². The van der Waals surface area contributed by atoms with Crippen molar-refractivity contribution in [1.82, 2.24) is 10.2 Å². The second-order valence-corrected chi connectivity index (χ2v) is 9.15. The van der Waals surface area contributed by atoms with E-state index >= 15 is 0 Å². The van der Waals surface area contributed by atoms with Gasteiger partial charge in [-0.25, -0.2) is 0 Å². The molecule has 3 aromatic rings. The molecule has 0 aliphatic carbocycles. The third-order valence-electron chi connectivity index (χ3n) is 5.93. The lowest BCUT2D eigenvalue weighted by Gasteiger charge is -2.27. The number of methoxy groups -OCH3 is 1. The summed E-state index contributed by atoms with van der Waals surface area (Å²) in [6.45, 7) is 1.58. The van der Waals surface area contributed by atoms with Gasteiger partial charge in [0, 0.05) is 59.2 Å². The minimum atomic E-state index is -0.319. The first-order valence-corrected chi connectivity index (χ1v) is 12.2. The summed E-state index contributed by atoms with van der Waals surface area (Å²) < 4.78 is 5.17. The molecule has 1 heterocycles. The zero-order valence-corrected chi connectivity index (χ0v) is 20.9. The van der Waals surface area contributed by atoms with E-state index in [1.165, 1.54) is 0 Å². The average Bonchev–Trinajstić information content (AvgIpc) is 3.12. The van der Waals surface area contributed by atoms with Crippen molar-refractivity contribution in [1.29, 1.82) is 0 Å². The maximum absolute atomic E-state index is 13.0. The van der Waals surface area contributed by atoms with E-state index in [0.717, 1.165) is 23.2 Å². The number of carbonyl (C=O) groups excluding carboxylic acids is 2. The van der Waals surface area contributed by atoms with Crippen molar-refractivity contribution in [2.24, 2.45) is 0 Å². The fourth-order valence-corrected chi connectivity index (χ4v) is 4.68. The SMILES string of the molecule is COCCCN1C(=O)c2ccccc2C1Nc1cccc(C(=O)NCCc2ccc(Cl)cc2Cl)c1. The molecule has 0 saturated heterocycles. The van der Waals surface area contributed by atoms with Crippen molar-refractivity contribution in [2.45, 2.75) is 19.0 Å². The molecule has 0 fully saturated rings. The van der Waals surface area contributed by atoms with Crippen LogP contribution >= 0.6 is 23.2 Å². The predicted molar refractivity (Wildman–Crippen MR) is 139 cm³/mol. The molecule has 182 valence electrons. The van der Waals surface area contributed by atoms with Crippen LogP contribution in [0.4, 0.5) is 5.69 Å². The lowest BCUT2D eigenvalue weighted by Crippen LogP contribution is -2.33. The molecule has 0 saturated carbocycles. The summed E-state index contributed by atoms with van der Waals surface area (Å²) in [6.07, 6.45) is 1.01. The largest absolute Gasteiger partial charge is 0.385 e. The number of anilines is 1. The van der Waals surface area contributed by atoms with Gasteiger partial charge in [0.1, 0.15) is 6.17 Å². The quantitative estimate of drug-likeness (QED) is 0.349. The van der Waals surface area contributed by atoms with E-state index in [1.807, 2.05) is 47.4 Å². The molecule has 1 atom stereocenters. The van der Waals surface area contributed by atoms with E-state index in [1.54, 1.807) is 31.4 Å². The highest BCUT2D eigenvalue weighted by atomic mass is 35.5. The first-order chi connectivity index (χ1) is 17.0. The van der Waals surface area contributed by atoms with Crippen LogP contribution < -0.4 is 10.6 Å². The predicted octanol–water partition coefficient (Wildman–Crippen LogP) is 5.57. The Bertz CT molecular complexity index is 1220. The Morgan fingerprint density at radius 2 is 1.89 bits per heavy atom. The summed E-state index contributed by atoms with van der Waals surface area (Å²) in [4.78, 5) is 27.6. The first-order valence-electron chi connectivity index (χ1n) is 11.5. The van der Waals surface area contributed by atoms with Crippen LogP contribution in [0.3, 0.4) is 0 Å². The Hall–Kier alpha value is -3.06. The highest BCUT2D eigenvalue weighted by Crippen LogP contribution is 2.34. The summed E-state index contributed by atoms with van der Waals surface area (Å²) in [5.41, 5.74) is 3.82. The van der Waals surface area contributed by atoms with Gasteiger partial charge in [0.05, 0.1) is 0 Å². The van der Waals surface area contributed by atoms with Crippen LogP contribution in [0.1, 0.15) is 44.4 Å². The number of nitrogens with zero attached hydrogens (tertiary/aromatic N) is 1. The number of benzene rings is 3. The van der Waals surface area contributed by atoms with Gasteiger partial charge in [-0.05, 0) is 54.8 Å². The van der Waals surface area contributed by atoms with E-state index < -0.39 is 0 Å². The summed E-state index contributed by atoms with van der Waals surface area (Å²) >= 11 is 12.2. The maximum atomic E-state index is 13.0. The van der Waals surface area contributed by atoms with Crippen LogP contribution in [0.5, 0.6) is 0 Å². The normalized spacial score (nSPS) is 14.7. The molecule has 0 radical (unpaired) electrons. The number of halogens is 2. The zero-order valence-electron chi connectivity index (χ0n) is 19.4. The van der Waals surface area contributed by atoms with Gasteiger partial charge in [0.2, 0.25) is 0 Å². The maximum Gasteiger partial charge on any atom is 0.256 e. The lowest BCUT2D eigenvalue weighted by atomic mass is 10.1. The van der Waals surface area contributed by atoms with E-state index in [-0.39, 0.29) is 18.0 Å². The van der Waals surface area contributed by atoms with Crippen molar-refractivity contribution < 1.29 is 14.3 Å².